The van der Waals surface area contributed by atoms with Crippen molar-refractivity contribution in [2.75, 3.05) is 10.6 Å². The number of rotatable bonds is 6. The number of Topliss-reactive ketones (excluding diaryl/α,β-unsaturated/α-hetero) is 1. The third-order valence-electron chi connectivity index (χ3n) is 4.66. The second kappa shape index (κ2) is 8.49. The van der Waals surface area contributed by atoms with Gasteiger partial charge >= 0.3 is 6.03 Å². The van der Waals surface area contributed by atoms with Crippen LogP contribution < -0.4 is 16.4 Å². The van der Waals surface area contributed by atoms with Gasteiger partial charge in [-0.1, -0.05) is 18.2 Å². The predicted molar refractivity (Wildman–Crippen MR) is 105 cm³/mol. The lowest BCUT2D eigenvalue weighted by atomic mass is 9.89. The van der Waals surface area contributed by atoms with Gasteiger partial charge < -0.3 is 16.4 Å². The molecule has 0 radical (unpaired) electrons. The number of nitrogens with two attached hydrogens (primary N) is 1. The van der Waals surface area contributed by atoms with E-state index in [4.69, 9.17) is 5.73 Å². The van der Waals surface area contributed by atoms with E-state index < -0.39 is 6.03 Å². The molecule has 0 heterocycles. The number of benzene rings is 2. The molecule has 1 aliphatic rings. The van der Waals surface area contributed by atoms with Crippen molar-refractivity contribution in [3.63, 3.8) is 0 Å². The maximum absolute atomic E-state index is 12.4. The molecule has 27 heavy (non-hydrogen) atoms. The molecule has 0 aromatic heterocycles. The van der Waals surface area contributed by atoms with Gasteiger partial charge in [0.25, 0.3) is 0 Å². The Hall–Kier alpha value is -3.15. The Morgan fingerprint density at radius 2 is 1.56 bits per heavy atom. The highest BCUT2D eigenvalue weighted by molar-refractivity contribution is 6.00. The van der Waals surface area contributed by atoms with E-state index in [0.717, 1.165) is 19.3 Å². The summed E-state index contributed by atoms with van der Waals surface area (Å²) in [4.78, 5) is 35.5. The van der Waals surface area contributed by atoms with Crippen LogP contribution in [-0.4, -0.2) is 17.7 Å². The molecule has 0 bridgehead atoms. The van der Waals surface area contributed by atoms with E-state index in [9.17, 15) is 14.4 Å². The molecule has 1 aliphatic carbocycles. The van der Waals surface area contributed by atoms with Gasteiger partial charge in [-0.3, -0.25) is 9.59 Å². The van der Waals surface area contributed by atoms with Crippen LogP contribution in [0.1, 0.15) is 47.2 Å². The number of carbonyl (C=O) groups excluding carboxylic acids is 3. The second-order valence-electron chi connectivity index (χ2n) is 6.73. The molecule has 0 unspecified atom stereocenters. The molecule has 0 aliphatic heterocycles. The summed E-state index contributed by atoms with van der Waals surface area (Å²) in [6.07, 6.45) is 4.73. The Morgan fingerprint density at radius 3 is 2.30 bits per heavy atom. The first kappa shape index (κ1) is 18.6. The number of primary amides is 1. The third-order valence-corrected chi connectivity index (χ3v) is 4.66. The van der Waals surface area contributed by atoms with Crippen LogP contribution in [0.15, 0.2) is 42.5 Å². The smallest absolute Gasteiger partial charge is 0.316 e. The van der Waals surface area contributed by atoms with Crippen LogP contribution in [0.3, 0.4) is 0 Å². The number of ketones is 1. The highest BCUT2D eigenvalue weighted by Crippen LogP contribution is 2.23. The van der Waals surface area contributed by atoms with Gasteiger partial charge in [0, 0.05) is 29.8 Å². The maximum atomic E-state index is 12.4. The Kier molecular flexibility index (Phi) is 5.86. The first-order valence-corrected chi connectivity index (χ1v) is 9.12. The number of aryl methyl sites for hydroxylation is 2. The van der Waals surface area contributed by atoms with Crippen molar-refractivity contribution < 1.29 is 14.4 Å². The summed E-state index contributed by atoms with van der Waals surface area (Å²) in [5.41, 5.74) is 9.38. The van der Waals surface area contributed by atoms with Crippen molar-refractivity contribution in [2.24, 2.45) is 5.73 Å². The lowest BCUT2D eigenvalue weighted by molar-refractivity contribution is -0.116. The van der Waals surface area contributed by atoms with Crippen LogP contribution in [0.25, 0.3) is 0 Å². The summed E-state index contributed by atoms with van der Waals surface area (Å²) in [5, 5.41) is 5.18. The summed E-state index contributed by atoms with van der Waals surface area (Å²) in [5.74, 6) is -0.278. The van der Waals surface area contributed by atoms with Crippen molar-refractivity contribution in [1.29, 1.82) is 0 Å². The van der Waals surface area contributed by atoms with Gasteiger partial charge in [-0.25, -0.2) is 4.79 Å². The van der Waals surface area contributed by atoms with Crippen LogP contribution >= 0.6 is 0 Å². The summed E-state index contributed by atoms with van der Waals surface area (Å²) in [7, 11) is 0. The van der Waals surface area contributed by atoms with Gasteiger partial charge in [0.05, 0.1) is 0 Å². The van der Waals surface area contributed by atoms with Crippen molar-refractivity contribution in [1.82, 2.24) is 0 Å². The molecule has 3 rings (SSSR count). The summed E-state index contributed by atoms with van der Waals surface area (Å²) in [6, 6.07) is 11.9. The number of carbonyl (C=O) groups is 3. The van der Waals surface area contributed by atoms with E-state index in [1.54, 1.807) is 24.3 Å². The first-order valence-electron chi connectivity index (χ1n) is 9.12. The molecule has 3 amide bonds. The summed E-state index contributed by atoms with van der Waals surface area (Å²) < 4.78 is 0. The first-order chi connectivity index (χ1) is 13.0. The zero-order chi connectivity index (χ0) is 19.2. The van der Waals surface area contributed by atoms with E-state index in [0.29, 0.717) is 16.9 Å². The van der Waals surface area contributed by atoms with E-state index in [2.05, 4.69) is 10.6 Å². The number of anilines is 2. The quantitative estimate of drug-likeness (QED) is 0.681. The fourth-order valence-corrected chi connectivity index (χ4v) is 3.32. The molecule has 6 heteroatoms. The van der Waals surface area contributed by atoms with Crippen LogP contribution in [-0.2, 0) is 17.6 Å². The minimum Gasteiger partial charge on any atom is -0.351 e. The van der Waals surface area contributed by atoms with E-state index in [1.165, 1.54) is 17.5 Å². The number of amides is 3. The van der Waals surface area contributed by atoms with Crippen molar-refractivity contribution in [3.8, 4) is 0 Å². The predicted octanol–water partition coefficient (Wildman–Crippen LogP) is 3.66. The Balaban J connectivity index is 1.54. The molecule has 2 aromatic rings. The minimum atomic E-state index is -0.672. The van der Waals surface area contributed by atoms with E-state index in [1.807, 2.05) is 18.2 Å². The topological polar surface area (TPSA) is 101 Å². The normalized spacial score (nSPS) is 12.7. The molecule has 4 N–H and O–H groups in total. The highest BCUT2D eigenvalue weighted by atomic mass is 16.2. The fourth-order valence-electron chi connectivity index (χ4n) is 3.32. The van der Waals surface area contributed by atoms with Gasteiger partial charge in [0.15, 0.2) is 5.78 Å². The number of fused-ring (bicyclic) bond motifs is 1. The Bertz CT molecular complexity index is 877. The zero-order valence-electron chi connectivity index (χ0n) is 15.1. The lowest BCUT2D eigenvalue weighted by Crippen LogP contribution is -2.19. The Labute approximate surface area is 158 Å². The molecule has 0 spiro atoms. The highest BCUT2D eigenvalue weighted by Gasteiger charge is 2.14. The molecule has 140 valence electrons. The van der Waals surface area contributed by atoms with Gasteiger partial charge in [-0.2, -0.15) is 0 Å². The van der Waals surface area contributed by atoms with Crippen LogP contribution in [0.4, 0.5) is 16.2 Å². The standard InChI is InChI=1S/C21H23N3O3/c22-21(27)24-18-7-3-6-17(13-18)23-20(26)11-10-19(25)16-9-8-14-4-1-2-5-15(14)12-16/h3,6-9,12-13H,1-2,4-5,10-11H2,(H,23,26)(H3,22,24,27). The number of hydrogen-bond acceptors (Lipinski definition) is 3. The summed E-state index contributed by atoms with van der Waals surface area (Å²) in [6.45, 7) is 0. The van der Waals surface area contributed by atoms with E-state index in [-0.39, 0.29) is 24.5 Å². The Morgan fingerprint density at radius 1 is 0.852 bits per heavy atom. The maximum Gasteiger partial charge on any atom is 0.316 e. The van der Waals surface area contributed by atoms with Crippen molar-refractivity contribution in [2.45, 2.75) is 38.5 Å². The van der Waals surface area contributed by atoms with Crippen molar-refractivity contribution in [3.05, 3.63) is 59.2 Å². The SMILES string of the molecule is NC(=O)Nc1cccc(NC(=O)CCC(=O)c2ccc3c(c2)CCCC3)c1. The summed E-state index contributed by atoms with van der Waals surface area (Å²) >= 11 is 0. The fraction of sp³-hybridized carbons (Fsp3) is 0.286. The molecular formula is C21H23N3O3. The van der Waals surface area contributed by atoms with Crippen LogP contribution in [0.5, 0.6) is 0 Å². The lowest BCUT2D eigenvalue weighted by Gasteiger charge is -2.16. The molecule has 0 fully saturated rings. The van der Waals surface area contributed by atoms with Crippen LogP contribution in [0, 0.1) is 0 Å². The monoisotopic (exact) mass is 365 g/mol. The minimum absolute atomic E-state index is 0.0253. The molecular weight excluding hydrogens is 342 g/mol. The third kappa shape index (κ3) is 5.17. The van der Waals surface area contributed by atoms with Gasteiger partial charge in [-0.05, 0) is 61.1 Å². The number of urea groups is 1. The average molecular weight is 365 g/mol. The molecule has 6 nitrogen and oxygen atoms in total. The molecule has 0 saturated heterocycles. The molecule has 2 aromatic carbocycles. The number of hydrogen-bond donors (Lipinski definition) is 3. The second-order valence-corrected chi connectivity index (χ2v) is 6.73. The average Bonchev–Trinajstić information content (AvgIpc) is 2.65. The number of nitrogens with one attached hydrogen (secondary N) is 2. The van der Waals surface area contributed by atoms with Crippen molar-refractivity contribution >= 4 is 29.1 Å². The van der Waals surface area contributed by atoms with Crippen LogP contribution in [0.2, 0.25) is 0 Å². The van der Waals surface area contributed by atoms with E-state index >= 15 is 0 Å². The van der Waals surface area contributed by atoms with Gasteiger partial charge in [0.2, 0.25) is 5.91 Å². The zero-order valence-corrected chi connectivity index (χ0v) is 15.1. The van der Waals surface area contributed by atoms with Gasteiger partial charge in [-0.15, -0.1) is 0 Å². The molecule has 0 atom stereocenters. The molecule has 0 saturated carbocycles. The largest absolute Gasteiger partial charge is 0.351 e. The van der Waals surface area contributed by atoms with Gasteiger partial charge in [0.1, 0.15) is 0 Å².